The van der Waals surface area contributed by atoms with Gasteiger partial charge in [-0.15, -0.1) is 0 Å². The molecule has 0 spiro atoms. The predicted octanol–water partition coefficient (Wildman–Crippen LogP) is 1.16. The zero-order chi connectivity index (χ0) is 13.7. The lowest BCUT2D eigenvalue weighted by Crippen LogP contribution is -2.44. The van der Waals surface area contributed by atoms with Gasteiger partial charge in [0.05, 0.1) is 0 Å². The number of phenols is 1. The number of nitrogens with one attached hydrogen (secondary N) is 1. The van der Waals surface area contributed by atoms with Gasteiger partial charge in [0, 0.05) is 12.3 Å². The first-order valence-electron chi connectivity index (χ1n) is 5.71. The molecule has 0 aliphatic heterocycles. The first-order chi connectivity index (χ1) is 8.40. The number of amides is 1. The van der Waals surface area contributed by atoms with Crippen molar-refractivity contribution in [2.45, 2.75) is 26.3 Å². The molecule has 98 valence electrons. The molecule has 0 unspecified atom stereocenters. The van der Waals surface area contributed by atoms with E-state index in [1.54, 1.807) is 26.0 Å². The number of carbonyl (C=O) groups is 2. The molecule has 1 atom stereocenters. The van der Waals surface area contributed by atoms with Gasteiger partial charge >= 0.3 is 5.97 Å². The molecule has 1 aromatic rings. The fourth-order valence-electron chi connectivity index (χ4n) is 1.41. The summed E-state index contributed by atoms with van der Waals surface area (Å²) in [6.45, 7) is 3.41. The summed E-state index contributed by atoms with van der Waals surface area (Å²) in [4.78, 5) is 22.6. The maximum absolute atomic E-state index is 11.5. The second-order valence-electron chi connectivity index (χ2n) is 4.42. The molecular formula is C13H17NO4. The molecule has 5 heteroatoms. The van der Waals surface area contributed by atoms with Crippen molar-refractivity contribution in [2.24, 2.45) is 5.92 Å². The van der Waals surface area contributed by atoms with E-state index in [2.05, 4.69) is 5.32 Å². The van der Waals surface area contributed by atoms with E-state index in [1.165, 1.54) is 12.1 Å². The number of phenolic OH excluding ortho intramolecular Hbond substituents is 1. The average molecular weight is 251 g/mol. The van der Waals surface area contributed by atoms with Gasteiger partial charge in [0.25, 0.3) is 0 Å². The van der Waals surface area contributed by atoms with Crippen molar-refractivity contribution >= 4 is 11.9 Å². The van der Waals surface area contributed by atoms with Crippen LogP contribution in [0.4, 0.5) is 0 Å². The van der Waals surface area contributed by atoms with Gasteiger partial charge in [-0.3, -0.25) is 4.79 Å². The molecule has 0 aliphatic carbocycles. The van der Waals surface area contributed by atoms with Crippen LogP contribution in [-0.2, 0) is 16.0 Å². The van der Waals surface area contributed by atoms with E-state index in [4.69, 9.17) is 10.2 Å². The van der Waals surface area contributed by atoms with Crippen LogP contribution in [0.2, 0.25) is 0 Å². The third-order valence-corrected chi connectivity index (χ3v) is 2.52. The van der Waals surface area contributed by atoms with Crippen LogP contribution in [0, 0.1) is 5.92 Å². The number of hydrogen-bond acceptors (Lipinski definition) is 3. The molecule has 0 saturated carbocycles. The van der Waals surface area contributed by atoms with Crippen molar-refractivity contribution in [1.29, 1.82) is 0 Å². The topological polar surface area (TPSA) is 86.6 Å². The zero-order valence-electron chi connectivity index (χ0n) is 10.4. The Kier molecular flexibility index (Phi) is 4.71. The molecule has 1 aromatic carbocycles. The number of carbonyl (C=O) groups excluding carboxylic acids is 1. The molecule has 0 aromatic heterocycles. The van der Waals surface area contributed by atoms with E-state index in [-0.39, 0.29) is 24.0 Å². The minimum absolute atomic E-state index is 0.122. The van der Waals surface area contributed by atoms with E-state index < -0.39 is 12.0 Å². The average Bonchev–Trinajstić information content (AvgIpc) is 2.30. The quantitative estimate of drug-likeness (QED) is 0.733. The summed E-state index contributed by atoms with van der Waals surface area (Å²) >= 11 is 0. The van der Waals surface area contributed by atoms with Gasteiger partial charge in [0.1, 0.15) is 11.8 Å². The second-order valence-corrected chi connectivity index (χ2v) is 4.42. The van der Waals surface area contributed by atoms with Crippen molar-refractivity contribution in [3.8, 4) is 5.75 Å². The van der Waals surface area contributed by atoms with Crippen LogP contribution in [0.25, 0.3) is 0 Å². The summed E-state index contributed by atoms with van der Waals surface area (Å²) < 4.78 is 0. The van der Waals surface area contributed by atoms with Gasteiger partial charge in [-0.05, 0) is 17.7 Å². The number of carboxylic acids is 1. The first kappa shape index (κ1) is 14.0. The Bertz CT molecular complexity index is 425. The summed E-state index contributed by atoms with van der Waals surface area (Å²) in [6.07, 6.45) is 0.189. The van der Waals surface area contributed by atoms with Crippen LogP contribution in [0.15, 0.2) is 24.3 Å². The monoisotopic (exact) mass is 251 g/mol. The van der Waals surface area contributed by atoms with Gasteiger partial charge in [-0.25, -0.2) is 4.79 Å². The van der Waals surface area contributed by atoms with Crippen LogP contribution in [0.3, 0.4) is 0 Å². The predicted molar refractivity (Wildman–Crippen MR) is 66.2 cm³/mol. The zero-order valence-corrected chi connectivity index (χ0v) is 10.4. The molecule has 1 amide bonds. The molecule has 1 rings (SSSR count). The van der Waals surface area contributed by atoms with Gasteiger partial charge in [0.2, 0.25) is 5.91 Å². The Labute approximate surface area is 105 Å². The van der Waals surface area contributed by atoms with Gasteiger partial charge in [-0.1, -0.05) is 26.0 Å². The van der Waals surface area contributed by atoms with Crippen LogP contribution in [-0.4, -0.2) is 28.1 Å². The molecule has 3 N–H and O–H groups in total. The van der Waals surface area contributed by atoms with Crippen LogP contribution < -0.4 is 5.32 Å². The highest BCUT2D eigenvalue weighted by molar-refractivity contribution is 5.84. The van der Waals surface area contributed by atoms with Crippen molar-refractivity contribution in [2.75, 3.05) is 0 Å². The van der Waals surface area contributed by atoms with E-state index in [1.807, 2.05) is 0 Å². The third-order valence-electron chi connectivity index (χ3n) is 2.52. The largest absolute Gasteiger partial charge is 0.508 e. The van der Waals surface area contributed by atoms with Crippen LogP contribution >= 0.6 is 0 Å². The summed E-state index contributed by atoms with van der Waals surface area (Å²) in [7, 11) is 0. The standard InChI is InChI=1S/C13H17NO4/c1-8(2)12(16)14-11(13(17)18)7-9-3-5-10(15)6-4-9/h3-6,8,11,15H,7H2,1-2H3,(H,14,16)(H,17,18)/t11-/m1/s1. The SMILES string of the molecule is CC(C)C(=O)N[C@H](Cc1ccc(O)cc1)C(=O)O. The summed E-state index contributed by atoms with van der Waals surface area (Å²) in [5.74, 6) is -1.50. The van der Waals surface area contributed by atoms with Crippen LogP contribution in [0.5, 0.6) is 5.75 Å². The summed E-state index contributed by atoms with van der Waals surface area (Å²) in [6, 6.07) is 5.28. The number of hydrogen-bond donors (Lipinski definition) is 3. The highest BCUT2D eigenvalue weighted by atomic mass is 16.4. The molecule has 0 radical (unpaired) electrons. The number of rotatable bonds is 5. The van der Waals surface area contributed by atoms with E-state index >= 15 is 0 Å². The fraction of sp³-hybridized carbons (Fsp3) is 0.385. The first-order valence-corrected chi connectivity index (χ1v) is 5.71. The second kappa shape index (κ2) is 6.05. The van der Waals surface area contributed by atoms with Gasteiger partial charge in [0.15, 0.2) is 0 Å². The molecule has 18 heavy (non-hydrogen) atoms. The number of carboxylic acid groups (broad SMARTS) is 1. The van der Waals surface area contributed by atoms with Crippen molar-refractivity contribution < 1.29 is 19.8 Å². The molecule has 0 heterocycles. The lowest BCUT2D eigenvalue weighted by Gasteiger charge is -2.16. The van der Waals surface area contributed by atoms with E-state index in [0.29, 0.717) is 0 Å². The summed E-state index contributed by atoms with van der Waals surface area (Å²) in [5.41, 5.74) is 0.740. The minimum Gasteiger partial charge on any atom is -0.508 e. The Hall–Kier alpha value is -2.04. The Morgan fingerprint density at radius 3 is 2.22 bits per heavy atom. The Balaban J connectivity index is 2.72. The normalized spacial score (nSPS) is 12.2. The molecular weight excluding hydrogens is 234 g/mol. The van der Waals surface area contributed by atoms with Crippen molar-refractivity contribution in [1.82, 2.24) is 5.32 Å². The molecule has 0 bridgehead atoms. The van der Waals surface area contributed by atoms with Crippen molar-refractivity contribution in [3.05, 3.63) is 29.8 Å². The molecule has 0 fully saturated rings. The third kappa shape index (κ3) is 4.08. The van der Waals surface area contributed by atoms with E-state index in [0.717, 1.165) is 5.56 Å². The Morgan fingerprint density at radius 2 is 1.78 bits per heavy atom. The lowest BCUT2D eigenvalue weighted by atomic mass is 10.0. The smallest absolute Gasteiger partial charge is 0.326 e. The maximum Gasteiger partial charge on any atom is 0.326 e. The van der Waals surface area contributed by atoms with Gasteiger partial charge < -0.3 is 15.5 Å². The maximum atomic E-state index is 11.5. The summed E-state index contributed by atoms with van der Waals surface area (Å²) in [5, 5.41) is 20.7. The number of benzene rings is 1. The highest BCUT2D eigenvalue weighted by Gasteiger charge is 2.21. The fourth-order valence-corrected chi connectivity index (χ4v) is 1.41. The highest BCUT2D eigenvalue weighted by Crippen LogP contribution is 2.11. The van der Waals surface area contributed by atoms with Crippen molar-refractivity contribution in [3.63, 3.8) is 0 Å². The Morgan fingerprint density at radius 1 is 1.22 bits per heavy atom. The molecule has 0 aliphatic rings. The number of aliphatic carboxylic acids is 1. The lowest BCUT2D eigenvalue weighted by molar-refractivity contribution is -0.142. The molecule has 0 saturated heterocycles. The van der Waals surface area contributed by atoms with Crippen LogP contribution in [0.1, 0.15) is 19.4 Å². The minimum atomic E-state index is -1.07. The number of aromatic hydroxyl groups is 1. The molecule has 5 nitrogen and oxygen atoms in total. The van der Waals surface area contributed by atoms with Gasteiger partial charge in [-0.2, -0.15) is 0 Å². The van der Waals surface area contributed by atoms with E-state index in [9.17, 15) is 9.59 Å².